The number of urea groups is 1. The van der Waals surface area contributed by atoms with E-state index in [9.17, 15) is 4.79 Å². The molecule has 1 aromatic rings. The molecule has 20 heavy (non-hydrogen) atoms. The van der Waals surface area contributed by atoms with Crippen LogP contribution in [0, 0.1) is 0 Å². The van der Waals surface area contributed by atoms with E-state index in [1.54, 1.807) is 7.05 Å². The number of hydrogen-bond donors (Lipinski definition) is 2. The Morgan fingerprint density at radius 3 is 2.95 bits per heavy atom. The summed E-state index contributed by atoms with van der Waals surface area (Å²) in [6, 6.07) is 0.457. The average molecular weight is 279 g/mol. The smallest absolute Gasteiger partial charge is 0.322 e. The van der Waals surface area contributed by atoms with Crippen LogP contribution in [0.3, 0.4) is 0 Å². The summed E-state index contributed by atoms with van der Waals surface area (Å²) in [4.78, 5) is 28.2. The Hall–Kier alpha value is -2.32. The van der Waals surface area contributed by atoms with Crippen molar-refractivity contribution < 1.29 is 9.53 Å². The van der Waals surface area contributed by atoms with E-state index >= 15 is 0 Å². The molecule has 2 amide bonds. The number of hydrogen-bond acceptors (Lipinski definition) is 7. The minimum atomic E-state index is 0.0128. The third kappa shape index (κ3) is 2.15. The molecule has 2 saturated heterocycles. The van der Waals surface area contributed by atoms with Crippen LogP contribution in [0.25, 0.3) is 0 Å². The van der Waals surface area contributed by atoms with Gasteiger partial charge in [0.05, 0.1) is 13.2 Å². The maximum atomic E-state index is 11.6. The molecule has 3 rings (SSSR count). The van der Waals surface area contributed by atoms with Gasteiger partial charge in [-0.15, -0.1) is 0 Å². The molecule has 0 radical (unpaired) electrons. The number of piperazine rings is 1. The first-order chi connectivity index (χ1) is 9.71. The van der Waals surface area contributed by atoms with Gasteiger partial charge in [0, 0.05) is 33.2 Å². The van der Waals surface area contributed by atoms with Crippen LogP contribution in [0.5, 0.6) is 6.01 Å². The number of amides is 2. The van der Waals surface area contributed by atoms with Crippen molar-refractivity contribution in [2.75, 3.05) is 50.6 Å². The van der Waals surface area contributed by atoms with Crippen LogP contribution in [-0.2, 0) is 0 Å². The summed E-state index contributed by atoms with van der Waals surface area (Å²) in [7, 11) is 3.27. The van der Waals surface area contributed by atoms with Gasteiger partial charge in [0.25, 0.3) is 0 Å². The lowest BCUT2D eigenvalue weighted by molar-refractivity contribution is 0.197. The van der Waals surface area contributed by atoms with Crippen LogP contribution in [0.2, 0.25) is 0 Å². The molecule has 2 aliphatic rings. The molecule has 0 bridgehead atoms. The molecule has 0 saturated carbocycles. The summed E-state index contributed by atoms with van der Waals surface area (Å²) < 4.78 is 5.09. The second kappa shape index (κ2) is 4.99. The number of carbonyl (C=O) groups is 1. The zero-order chi connectivity index (χ0) is 14.1. The Labute approximate surface area is 116 Å². The minimum Gasteiger partial charge on any atom is -0.467 e. The van der Waals surface area contributed by atoms with Crippen molar-refractivity contribution in [3.8, 4) is 6.01 Å². The first-order valence-electron chi connectivity index (χ1n) is 6.48. The Bertz CT molecular complexity index is 501. The number of nitrogens with zero attached hydrogens (tertiary/aromatic N) is 5. The molecule has 0 aromatic carbocycles. The molecule has 9 nitrogen and oxygen atoms in total. The monoisotopic (exact) mass is 279 g/mol. The highest BCUT2D eigenvalue weighted by Crippen LogP contribution is 2.20. The molecule has 1 atom stereocenters. The first kappa shape index (κ1) is 12.7. The van der Waals surface area contributed by atoms with E-state index < -0.39 is 0 Å². The summed E-state index contributed by atoms with van der Waals surface area (Å²) in [5.41, 5.74) is 0. The van der Waals surface area contributed by atoms with Gasteiger partial charge < -0.3 is 25.2 Å². The van der Waals surface area contributed by atoms with Gasteiger partial charge in [-0.25, -0.2) is 4.79 Å². The largest absolute Gasteiger partial charge is 0.467 e. The molecular formula is C11H17N7O2. The molecular weight excluding hydrogens is 262 g/mol. The minimum absolute atomic E-state index is 0.0128. The van der Waals surface area contributed by atoms with E-state index in [4.69, 9.17) is 4.74 Å². The number of rotatable bonds is 3. The second-order valence-corrected chi connectivity index (χ2v) is 4.68. The molecule has 0 aliphatic carbocycles. The van der Waals surface area contributed by atoms with Gasteiger partial charge in [-0.1, -0.05) is 0 Å². The molecule has 108 valence electrons. The first-order valence-corrected chi connectivity index (χ1v) is 6.48. The number of aromatic nitrogens is 3. The van der Waals surface area contributed by atoms with E-state index in [0.29, 0.717) is 38.1 Å². The molecule has 2 aliphatic heterocycles. The van der Waals surface area contributed by atoms with Gasteiger partial charge in [0.1, 0.15) is 0 Å². The van der Waals surface area contributed by atoms with E-state index in [2.05, 4.69) is 25.6 Å². The van der Waals surface area contributed by atoms with Crippen LogP contribution in [0.4, 0.5) is 16.7 Å². The van der Waals surface area contributed by atoms with Crippen LogP contribution >= 0.6 is 0 Å². The molecule has 0 spiro atoms. The third-order valence-electron chi connectivity index (χ3n) is 3.52. The topological polar surface area (TPSA) is 95.5 Å². The second-order valence-electron chi connectivity index (χ2n) is 4.68. The van der Waals surface area contributed by atoms with Crippen molar-refractivity contribution in [1.29, 1.82) is 0 Å². The number of fused-ring (bicyclic) bond motifs is 1. The van der Waals surface area contributed by atoms with Gasteiger partial charge in [-0.05, 0) is 0 Å². The number of nitrogens with one attached hydrogen (secondary N) is 2. The maximum absolute atomic E-state index is 11.6. The Kier molecular flexibility index (Phi) is 3.17. The molecule has 1 aromatic heterocycles. The van der Waals surface area contributed by atoms with Crippen LogP contribution < -0.4 is 20.3 Å². The lowest BCUT2D eigenvalue weighted by Crippen LogP contribution is -2.52. The fourth-order valence-electron chi connectivity index (χ4n) is 2.48. The summed E-state index contributed by atoms with van der Waals surface area (Å²) in [5.74, 6) is 1.04. The number of methoxy groups -OCH3 is 1. The Balaban J connectivity index is 1.81. The highest BCUT2D eigenvalue weighted by atomic mass is 16.5. The maximum Gasteiger partial charge on any atom is 0.322 e. The van der Waals surface area contributed by atoms with E-state index in [1.165, 1.54) is 7.11 Å². The molecule has 2 N–H and O–H groups in total. The zero-order valence-corrected chi connectivity index (χ0v) is 11.5. The highest BCUT2D eigenvalue weighted by molar-refractivity contribution is 5.77. The van der Waals surface area contributed by atoms with Gasteiger partial charge in [-0.3, -0.25) is 0 Å². The standard InChI is InChI=1S/C11H17N7O2/c1-12-8-14-9(16-10(15-8)20-2)17-3-4-18-7(6-17)5-13-11(18)19/h7H,3-6H2,1-2H3,(H,13,19)(H,12,14,15,16). The SMILES string of the molecule is CNc1nc(OC)nc(N2CCN3C(=O)NCC3C2)n1. The van der Waals surface area contributed by atoms with Crippen LogP contribution in [-0.4, -0.2) is 72.3 Å². The summed E-state index contributed by atoms with van der Waals surface area (Å²) in [6.45, 7) is 2.73. The highest BCUT2D eigenvalue weighted by Gasteiger charge is 2.36. The van der Waals surface area contributed by atoms with Crippen molar-refractivity contribution in [2.24, 2.45) is 0 Å². The van der Waals surface area contributed by atoms with Crippen LogP contribution in [0.15, 0.2) is 0 Å². The molecule has 9 heteroatoms. The average Bonchev–Trinajstić information content (AvgIpc) is 2.87. The predicted molar refractivity (Wildman–Crippen MR) is 72.0 cm³/mol. The van der Waals surface area contributed by atoms with Crippen molar-refractivity contribution >= 4 is 17.9 Å². The predicted octanol–water partition coefficient (Wildman–Crippen LogP) is -0.864. The number of ether oxygens (including phenoxy) is 1. The van der Waals surface area contributed by atoms with E-state index in [1.807, 2.05) is 9.80 Å². The lowest BCUT2D eigenvalue weighted by Gasteiger charge is -2.36. The number of anilines is 2. The van der Waals surface area contributed by atoms with E-state index in [-0.39, 0.29) is 18.1 Å². The van der Waals surface area contributed by atoms with Gasteiger partial charge >= 0.3 is 12.0 Å². The fraction of sp³-hybridized carbons (Fsp3) is 0.636. The Morgan fingerprint density at radius 2 is 2.20 bits per heavy atom. The quantitative estimate of drug-likeness (QED) is 0.743. The number of carbonyl (C=O) groups excluding carboxylic acids is 1. The van der Waals surface area contributed by atoms with Crippen molar-refractivity contribution in [2.45, 2.75) is 6.04 Å². The normalized spacial score (nSPS) is 21.5. The summed E-state index contributed by atoms with van der Waals surface area (Å²) >= 11 is 0. The van der Waals surface area contributed by atoms with Gasteiger partial charge in [0.15, 0.2) is 0 Å². The van der Waals surface area contributed by atoms with Crippen molar-refractivity contribution in [1.82, 2.24) is 25.2 Å². The molecule has 3 heterocycles. The summed E-state index contributed by atoms with van der Waals surface area (Å²) in [5, 5.41) is 5.74. The third-order valence-corrected chi connectivity index (χ3v) is 3.52. The van der Waals surface area contributed by atoms with Crippen LogP contribution in [0.1, 0.15) is 0 Å². The van der Waals surface area contributed by atoms with Crippen molar-refractivity contribution in [3.05, 3.63) is 0 Å². The van der Waals surface area contributed by atoms with Crippen molar-refractivity contribution in [3.63, 3.8) is 0 Å². The molecule has 1 unspecified atom stereocenters. The lowest BCUT2D eigenvalue weighted by atomic mass is 10.2. The molecule has 2 fully saturated rings. The van der Waals surface area contributed by atoms with Gasteiger partial charge in [-0.2, -0.15) is 15.0 Å². The zero-order valence-electron chi connectivity index (χ0n) is 11.5. The van der Waals surface area contributed by atoms with Gasteiger partial charge in [0.2, 0.25) is 11.9 Å². The Morgan fingerprint density at radius 1 is 1.35 bits per heavy atom. The summed E-state index contributed by atoms with van der Waals surface area (Å²) in [6.07, 6.45) is 0. The van der Waals surface area contributed by atoms with E-state index in [0.717, 1.165) is 0 Å². The fourth-order valence-corrected chi connectivity index (χ4v) is 2.48.